The molecule has 0 saturated carbocycles. The lowest BCUT2D eigenvalue weighted by Gasteiger charge is -2.34. The molecule has 0 aliphatic carbocycles. The highest BCUT2D eigenvalue weighted by Gasteiger charge is 2.27. The molecule has 134 valence electrons. The number of nitrogens with zero attached hydrogens (tertiary/aromatic N) is 3. The smallest absolute Gasteiger partial charge is 0.410 e. The van der Waals surface area contributed by atoms with Crippen molar-refractivity contribution < 1.29 is 14.3 Å². The first-order valence-electron chi connectivity index (χ1n) is 8.02. The second-order valence-corrected chi connectivity index (χ2v) is 7.19. The summed E-state index contributed by atoms with van der Waals surface area (Å²) in [5.74, 6) is 1.61. The molecular weight excluding hydrogens is 332 g/mol. The first-order valence-corrected chi connectivity index (χ1v) is 8.40. The van der Waals surface area contributed by atoms with E-state index in [1.54, 1.807) is 11.8 Å². The summed E-state index contributed by atoms with van der Waals surface area (Å²) >= 11 is 6.09. The maximum absolute atomic E-state index is 12.1. The number of amides is 1. The highest BCUT2D eigenvalue weighted by molar-refractivity contribution is 6.31. The van der Waals surface area contributed by atoms with Gasteiger partial charge in [-0.15, -0.1) is 0 Å². The van der Waals surface area contributed by atoms with Crippen LogP contribution in [0.15, 0.2) is 0 Å². The molecule has 1 amide bonds. The van der Waals surface area contributed by atoms with Gasteiger partial charge in [-0.3, -0.25) is 0 Å². The van der Waals surface area contributed by atoms with Crippen molar-refractivity contribution in [3.63, 3.8) is 0 Å². The molecule has 1 aromatic rings. The highest BCUT2D eigenvalue weighted by atomic mass is 35.5. The molecule has 0 spiro atoms. The quantitative estimate of drug-likeness (QED) is 0.838. The molecule has 0 aromatic carbocycles. The van der Waals surface area contributed by atoms with Crippen LogP contribution in [0.1, 0.15) is 39.4 Å². The molecule has 24 heavy (non-hydrogen) atoms. The van der Waals surface area contributed by atoms with Gasteiger partial charge in [0.1, 0.15) is 11.4 Å². The number of carbonyl (C=O) groups is 1. The van der Waals surface area contributed by atoms with Crippen LogP contribution in [0.25, 0.3) is 0 Å². The fourth-order valence-corrected chi connectivity index (χ4v) is 2.82. The topological polar surface area (TPSA) is 76.6 Å². The number of methoxy groups -OCH3 is 1. The van der Waals surface area contributed by atoms with Crippen molar-refractivity contribution >= 4 is 23.5 Å². The first kappa shape index (κ1) is 18.6. The monoisotopic (exact) mass is 356 g/mol. The maximum atomic E-state index is 12.1. The summed E-state index contributed by atoms with van der Waals surface area (Å²) in [7, 11) is 1.54. The minimum atomic E-state index is -0.477. The molecule has 0 atom stereocenters. The molecule has 2 heterocycles. The molecule has 1 aliphatic heterocycles. The molecule has 2 rings (SSSR count). The number of halogens is 1. The lowest BCUT2D eigenvalue weighted by molar-refractivity contribution is 0.0210. The zero-order chi connectivity index (χ0) is 17.9. The van der Waals surface area contributed by atoms with Crippen LogP contribution in [0.2, 0.25) is 5.15 Å². The molecule has 1 N–H and O–H groups in total. The third-order valence-corrected chi connectivity index (χ3v) is 3.88. The van der Waals surface area contributed by atoms with Gasteiger partial charge in [-0.05, 0) is 40.5 Å². The van der Waals surface area contributed by atoms with E-state index in [1.165, 1.54) is 7.11 Å². The van der Waals surface area contributed by atoms with Crippen molar-refractivity contribution in [2.75, 3.05) is 25.5 Å². The number of aromatic nitrogens is 2. The number of hydrogen-bond acceptors (Lipinski definition) is 6. The highest BCUT2D eigenvalue weighted by Crippen LogP contribution is 2.31. The van der Waals surface area contributed by atoms with Gasteiger partial charge >= 0.3 is 6.09 Å². The van der Waals surface area contributed by atoms with Crippen molar-refractivity contribution in [2.24, 2.45) is 0 Å². The summed E-state index contributed by atoms with van der Waals surface area (Å²) in [5, 5.41) is 3.64. The number of likely N-dealkylation sites (tertiary alicyclic amines) is 1. The molecule has 1 saturated heterocycles. The second-order valence-electron chi connectivity index (χ2n) is 6.83. The maximum Gasteiger partial charge on any atom is 0.410 e. The van der Waals surface area contributed by atoms with Gasteiger partial charge in [0, 0.05) is 19.1 Å². The third kappa shape index (κ3) is 4.87. The molecule has 8 heteroatoms. The number of carbonyl (C=O) groups excluding carboxylic acids is 1. The summed E-state index contributed by atoms with van der Waals surface area (Å²) in [6.07, 6.45) is 1.33. The van der Waals surface area contributed by atoms with Crippen LogP contribution < -0.4 is 10.1 Å². The largest absolute Gasteiger partial charge is 0.490 e. The van der Waals surface area contributed by atoms with E-state index in [0.29, 0.717) is 35.6 Å². The molecule has 0 bridgehead atoms. The van der Waals surface area contributed by atoms with Crippen molar-refractivity contribution in [1.29, 1.82) is 0 Å². The molecule has 7 nitrogen and oxygen atoms in total. The Balaban J connectivity index is 1.95. The Morgan fingerprint density at radius 2 is 1.92 bits per heavy atom. The number of ether oxygens (including phenoxy) is 2. The van der Waals surface area contributed by atoms with Crippen LogP contribution in [0.3, 0.4) is 0 Å². The van der Waals surface area contributed by atoms with Crippen LogP contribution in [0.5, 0.6) is 5.75 Å². The normalized spacial score (nSPS) is 16.0. The van der Waals surface area contributed by atoms with Crippen molar-refractivity contribution in [3.05, 3.63) is 11.0 Å². The van der Waals surface area contributed by atoms with Gasteiger partial charge < -0.3 is 19.7 Å². The lowest BCUT2D eigenvalue weighted by Crippen LogP contribution is -2.44. The standard InChI is InChI=1S/C16H25ClN4O3/c1-10-18-13(17)12(23-5)14(19-10)20-11-6-8-21(9-7-11)15(22)24-16(2,3)4/h11H,6-9H2,1-5H3,(H,18,19,20). The molecule has 1 aliphatic rings. The molecule has 0 unspecified atom stereocenters. The van der Waals surface area contributed by atoms with Gasteiger partial charge in [-0.2, -0.15) is 0 Å². The van der Waals surface area contributed by atoms with E-state index in [4.69, 9.17) is 21.1 Å². The Kier molecular flexibility index (Phi) is 5.74. The van der Waals surface area contributed by atoms with Gasteiger partial charge in [-0.25, -0.2) is 14.8 Å². The van der Waals surface area contributed by atoms with E-state index in [2.05, 4.69) is 15.3 Å². The number of rotatable bonds is 3. The van der Waals surface area contributed by atoms with E-state index >= 15 is 0 Å². The Morgan fingerprint density at radius 3 is 2.46 bits per heavy atom. The van der Waals surface area contributed by atoms with Crippen LogP contribution >= 0.6 is 11.6 Å². The number of piperidine rings is 1. The van der Waals surface area contributed by atoms with E-state index in [9.17, 15) is 4.79 Å². The van der Waals surface area contributed by atoms with Gasteiger partial charge in [0.2, 0.25) is 0 Å². The van der Waals surface area contributed by atoms with Crippen LogP contribution in [-0.2, 0) is 4.74 Å². The number of anilines is 1. The Hall–Kier alpha value is -1.76. The first-order chi connectivity index (χ1) is 11.2. The fraction of sp³-hybridized carbons (Fsp3) is 0.688. The van der Waals surface area contributed by atoms with Gasteiger partial charge in [-0.1, -0.05) is 11.6 Å². The molecule has 0 radical (unpaired) electrons. The van der Waals surface area contributed by atoms with Crippen molar-refractivity contribution in [2.45, 2.75) is 52.2 Å². The van der Waals surface area contributed by atoms with Gasteiger partial charge in [0.05, 0.1) is 7.11 Å². The fourth-order valence-electron chi connectivity index (χ4n) is 2.53. The average molecular weight is 357 g/mol. The van der Waals surface area contributed by atoms with Crippen LogP contribution in [-0.4, -0.2) is 52.8 Å². The van der Waals surface area contributed by atoms with E-state index in [0.717, 1.165) is 12.8 Å². The number of aryl methyl sites for hydroxylation is 1. The Labute approximate surface area is 147 Å². The van der Waals surface area contributed by atoms with E-state index < -0.39 is 5.60 Å². The number of hydrogen-bond donors (Lipinski definition) is 1. The van der Waals surface area contributed by atoms with Gasteiger partial charge in [0.15, 0.2) is 16.7 Å². The lowest BCUT2D eigenvalue weighted by atomic mass is 10.1. The Bertz CT molecular complexity index is 596. The van der Waals surface area contributed by atoms with Gasteiger partial charge in [0.25, 0.3) is 0 Å². The second kappa shape index (κ2) is 7.42. The van der Waals surface area contributed by atoms with Crippen LogP contribution in [0.4, 0.5) is 10.6 Å². The summed E-state index contributed by atoms with van der Waals surface area (Å²) in [6.45, 7) is 8.65. The van der Waals surface area contributed by atoms with Crippen molar-refractivity contribution in [3.8, 4) is 5.75 Å². The summed E-state index contributed by atoms with van der Waals surface area (Å²) < 4.78 is 10.7. The van der Waals surface area contributed by atoms with E-state index in [-0.39, 0.29) is 12.1 Å². The summed E-state index contributed by atoms with van der Waals surface area (Å²) in [5.41, 5.74) is -0.477. The zero-order valence-electron chi connectivity index (χ0n) is 14.9. The minimum absolute atomic E-state index is 0.183. The number of nitrogens with one attached hydrogen (secondary N) is 1. The van der Waals surface area contributed by atoms with E-state index in [1.807, 2.05) is 20.8 Å². The van der Waals surface area contributed by atoms with Crippen LogP contribution in [0, 0.1) is 6.92 Å². The predicted octanol–water partition coefficient (Wildman–Crippen LogP) is 3.26. The SMILES string of the molecule is COc1c(Cl)nc(C)nc1NC1CCN(C(=O)OC(C)(C)C)CC1. The minimum Gasteiger partial charge on any atom is -0.490 e. The average Bonchev–Trinajstić information content (AvgIpc) is 2.45. The zero-order valence-corrected chi connectivity index (χ0v) is 15.6. The molecular formula is C16H25ClN4O3. The molecule has 1 aromatic heterocycles. The van der Waals surface area contributed by atoms with Crippen molar-refractivity contribution in [1.82, 2.24) is 14.9 Å². The predicted molar refractivity (Wildman–Crippen MR) is 92.8 cm³/mol. The summed E-state index contributed by atoms with van der Waals surface area (Å²) in [6, 6.07) is 0.183. The third-order valence-electron chi connectivity index (χ3n) is 3.63. The Morgan fingerprint density at radius 1 is 1.29 bits per heavy atom. The summed E-state index contributed by atoms with van der Waals surface area (Å²) in [4.78, 5) is 22.3. The molecule has 1 fully saturated rings.